The Bertz CT molecular complexity index is 1140. The van der Waals surface area contributed by atoms with E-state index in [-0.39, 0.29) is 0 Å². The topological polar surface area (TPSA) is 39.2 Å². The Morgan fingerprint density at radius 2 is 1.63 bits per heavy atom. The van der Waals surface area contributed by atoms with Crippen molar-refractivity contribution in [3.8, 4) is 17.0 Å². The highest BCUT2D eigenvalue weighted by Gasteiger charge is 2.16. The van der Waals surface area contributed by atoms with E-state index in [1.54, 1.807) is 24.3 Å². The molecule has 0 spiro atoms. The van der Waals surface area contributed by atoms with E-state index in [1.165, 1.54) is 0 Å². The quantitative estimate of drug-likeness (QED) is 0.322. The first kappa shape index (κ1) is 17.3. The molecular weight excluding hydrogens is 358 g/mol. The molecule has 0 radical (unpaired) electrons. The maximum atomic E-state index is 12.9. The van der Waals surface area contributed by atoms with Gasteiger partial charge in [-0.1, -0.05) is 60.1 Å². The highest BCUT2D eigenvalue weighted by Crippen LogP contribution is 2.27. The Hall–Kier alpha value is -3.17. The van der Waals surface area contributed by atoms with Crippen LogP contribution in [0.25, 0.3) is 22.2 Å². The van der Waals surface area contributed by atoms with Crippen LogP contribution in [0.2, 0.25) is 5.02 Å². The van der Waals surface area contributed by atoms with E-state index in [0.29, 0.717) is 22.0 Å². The zero-order valence-corrected chi connectivity index (χ0v) is 15.4. The molecule has 3 aromatic carbocycles. The van der Waals surface area contributed by atoms with Gasteiger partial charge in [0.2, 0.25) is 0 Å². The van der Waals surface area contributed by atoms with Gasteiger partial charge in [0.1, 0.15) is 5.75 Å². The molecule has 4 heteroatoms. The second-order valence-corrected chi connectivity index (χ2v) is 6.67. The molecule has 1 heterocycles. The minimum absolute atomic E-state index is 0.405. The van der Waals surface area contributed by atoms with Crippen LogP contribution in [0, 0.1) is 6.92 Å². The van der Waals surface area contributed by atoms with Gasteiger partial charge in [-0.15, -0.1) is 0 Å². The Kier molecular flexibility index (Phi) is 4.61. The van der Waals surface area contributed by atoms with E-state index in [2.05, 4.69) is 0 Å². The van der Waals surface area contributed by atoms with Gasteiger partial charge in [0.05, 0.1) is 16.8 Å². The lowest BCUT2D eigenvalue weighted by molar-refractivity contribution is 0.0735. The number of fused-ring (bicyclic) bond motifs is 1. The molecule has 0 amide bonds. The number of rotatable bonds is 3. The van der Waals surface area contributed by atoms with Crippen LogP contribution in [0.5, 0.6) is 5.75 Å². The molecule has 0 fully saturated rings. The number of para-hydroxylation sites is 2. The first-order valence-corrected chi connectivity index (χ1v) is 8.93. The maximum absolute atomic E-state index is 12.9. The van der Waals surface area contributed by atoms with Gasteiger partial charge in [0.25, 0.3) is 0 Å². The lowest BCUT2D eigenvalue weighted by Gasteiger charge is -2.11. The molecule has 0 bridgehead atoms. The summed E-state index contributed by atoms with van der Waals surface area (Å²) in [6.45, 7) is 1.91. The van der Waals surface area contributed by atoms with Crippen LogP contribution in [0.4, 0.5) is 0 Å². The smallest absolute Gasteiger partial charge is 0.344 e. The van der Waals surface area contributed by atoms with Crippen molar-refractivity contribution in [3.05, 3.63) is 95.0 Å². The number of hydrogen-bond acceptors (Lipinski definition) is 3. The predicted octanol–water partition coefficient (Wildman–Crippen LogP) is 6.08. The van der Waals surface area contributed by atoms with Crippen LogP contribution in [-0.4, -0.2) is 11.0 Å². The van der Waals surface area contributed by atoms with Crippen molar-refractivity contribution in [2.24, 2.45) is 0 Å². The third-order valence-corrected chi connectivity index (χ3v) is 4.62. The first-order chi connectivity index (χ1) is 13.1. The number of carbonyl (C=O) groups excluding carboxylic acids is 1. The number of carbonyl (C=O) groups is 1. The third-order valence-electron chi connectivity index (χ3n) is 4.37. The molecule has 0 N–H and O–H groups in total. The van der Waals surface area contributed by atoms with Crippen LogP contribution in [0.15, 0.2) is 78.9 Å². The Labute approximate surface area is 162 Å². The highest BCUT2D eigenvalue weighted by molar-refractivity contribution is 6.30. The summed E-state index contributed by atoms with van der Waals surface area (Å²) in [4.78, 5) is 17.6. The second-order valence-electron chi connectivity index (χ2n) is 6.23. The van der Waals surface area contributed by atoms with Crippen molar-refractivity contribution in [2.75, 3.05) is 0 Å². The second kappa shape index (κ2) is 7.22. The highest BCUT2D eigenvalue weighted by atomic mass is 35.5. The molecule has 0 aliphatic heterocycles. The van der Waals surface area contributed by atoms with Crippen molar-refractivity contribution < 1.29 is 9.53 Å². The van der Waals surface area contributed by atoms with Gasteiger partial charge < -0.3 is 4.74 Å². The molecule has 27 heavy (non-hydrogen) atoms. The number of aromatic nitrogens is 1. The van der Waals surface area contributed by atoms with E-state index in [0.717, 1.165) is 22.0 Å². The van der Waals surface area contributed by atoms with E-state index >= 15 is 0 Å². The Morgan fingerprint density at radius 1 is 0.926 bits per heavy atom. The number of benzene rings is 3. The summed E-state index contributed by atoms with van der Waals surface area (Å²) in [5, 5.41) is 1.41. The van der Waals surface area contributed by atoms with Crippen molar-refractivity contribution in [2.45, 2.75) is 6.92 Å². The van der Waals surface area contributed by atoms with Crippen LogP contribution in [0.1, 0.15) is 15.9 Å². The Balaban J connectivity index is 1.82. The first-order valence-electron chi connectivity index (χ1n) is 8.55. The Morgan fingerprint density at radius 3 is 2.41 bits per heavy atom. The minimum Gasteiger partial charge on any atom is -0.423 e. The van der Waals surface area contributed by atoms with Crippen molar-refractivity contribution in [1.82, 2.24) is 4.98 Å². The number of hydrogen-bond donors (Lipinski definition) is 0. The van der Waals surface area contributed by atoms with Crippen LogP contribution >= 0.6 is 11.6 Å². The average Bonchev–Trinajstić information content (AvgIpc) is 2.69. The lowest BCUT2D eigenvalue weighted by Crippen LogP contribution is -2.10. The van der Waals surface area contributed by atoms with Gasteiger partial charge in [-0.3, -0.25) is 0 Å². The SMILES string of the molecule is Cc1ccccc1OC(=O)c1cc(-c2ccc(Cl)cc2)nc2ccccc12. The minimum atomic E-state index is -0.405. The average molecular weight is 374 g/mol. The molecule has 0 aliphatic rings. The molecule has 0 aliphatic carbocycles. The monoisotopic (exact) mass is 373 g/mol. The van der Waals surface area contributed by atoms with Gasteiger partial charge >= 0.3 is 5.97 Å². The number of aryl methyl sites for hydroxylation is 1. The van der Waals surface area contributed by atoms with E-state index in [4.69, 9.17) is 21.3 Å². The summed E-state index contributed by atoms with van der Waals surface area (Å²) in [5.74, 6) is 0.148. The molecular formula is C23H16ClNO2. The zero-order chi connectivity index (χ0) is 18.8. The molecule has 0 unspecified atom stereocenters. The van der Waals surface area contributed by atoms with E-state index in [9.17, 15) is 4.79 Å². The number of pyridine rings is 1. The standard InChI is InChI=1S/C23H16ClNO2/c1-15-6-2-5-9-22(15)27-23(26)19-14-21(16-10-12-17(24)13-11-16)25-20-8-4-3-7-18(19)20/h2-14H,1H3. The largest absolute Gasteiger partial charge is 0.423 e. The molecule has 132 valence electrons. The molecule has 0 atom stereocenters. The number of esters is 1. The lowest BCUT2D eigenvalue weighted by atomic mass is 10.0. The fourth-order valence-corrected chi connectivity index (χ4v) is 3.06. The van der Waals surface area contributed by atoms with Crippen molar-refractivity contribution in [1.29, 1.82) is 0 Å². The summed E-state index contributed by atoms with van der Waals surface area (Å²) < 4.78 is 5.66. The van der Waals surface area contributed by atoms with Gasteiger partial charge in [-0.25, -0.2) is 9.78 Å². The van der Waals surface area contributed by atoms with E-state index in [1.807, 2.05) is 61.5 Å². The summed E-state index contributed by atoms with van der Waals surface area (Å²) >= 11 is 5.99. The summed E-state index contributed by atoms with van der Waals surface area (Å²) in [6, 6.07) is 24.2. The summed E-state index contributed by atoms with van der Waals surface area (Å²) in [6.07, 6.45) is 0. The van der Waals surface area contributed by atoms with E-state index < -0.39 is 5.97 Å². The van der Waals surface area contributed by atoms with Crippen molar-refractivity contribution >= 4 is 28.5 Å². The maximum Gasteiger partial charge on any atom is 0.344 e. The van der Waals surface area contributed by atoms with Gasteiger partial charge in [0, 0.05) is 16.0 Å². The van der Waals surface area contributed by atoms with Gasteiger partial charge in [-0.2, -0.15) is 0 Å². The van der Waals surface area contributed by atoms with Crippen LogP contribution in [-0.2, 0) is 0 Å². The van der Waals surface area contributed by atoms with Crippen LogP contribution < -0.4 is 4.74 Å². The number of halogens is 1. The molecule has 0 saturated heterocycles. The predicted molar refractivity (Wildman–Crippen MR) is 108 cm³/mol. The molecule has 4 aromatic rings. The number of ether oxygens (including phenoxy) is 1. The summed E-state index contributed by atoms with van der Waals surface area (Å²) in [7, 11) is 0. The zero-order valence-electron chi connectivity index (χ0n) is 14.6. The summed E-state index contributed by atoms with van der Waals surface area (Å²) in [5.41, 5.74) is 3.70. The molecule has 4 rings (SSSR count). The van der Waals surface area contributed by atoms with Gasteiger partial charge in [0.15, 0.2) is 0 Å². The van der Waals surface area contributed by atoms with Crippen LogP contribution in [0.3, 0.4) is 0 Å². The third kappa shape index (κ3) is 3.55. The van der Waals surface area contributed by atoms with Gasteiger partial charge in [-0.05, 0) is 42.8 Å². The van der Waals surface area contributed by atoms with Crippen molar-refractivity contribution in [3.63, 3.8) is 0 Å². The fraction of sp³-hybridized carbons (Fsp3) is 0.0435. The molecule has 0 saturated carbocycles. The number of nitrogens with zero attached hydrogens (tertiary/aromatic N) is 1. The molecule has 3 nitrogen and oxygen atoms in total. The molecule has 1 aromatic heterocycles. The fourth-order valence-electron chi connectivity index (χ4n) is 2.94. The normalized spacial score (nSPS) is 10.7.